The maximum absolute atomic E-state index is 12.8. The lowest BCUT2D eigenvalue weighted by atomic mass is 10.1. The number of anilines is 1. The third-order valence-electron chi connectivity index (χ3n) is 4.14. The van der Waals surface area contributed by atoms with Crippen LogP contribution in [-0.2, 0) is 10.0 Å². The molecule has 7 heteroatoms. The fourth-order valence-electron chi connectivity index (χ4n) is 2.76. The van der Waals surface area contributed by atoms with Crippen molar-refractivity contribution in [2.24, 2.45) is 0 Å². The lowest BCUT2D eigenvalue weighted by Crippen LogP contribution is -2.13. The van der Waals surface area contributed by atoms with Gasteiger partial charge in [-0.05, 0) is 57.9 Å². The third kappa shape index (κ3) is 3.34. The summed E-state index contributed by atoms with van der Waals surface area (Å²) in [7, 11) is -3.66. The van der Waals surface area contributed by atoms with Gasteiger partial charge in [0.25, 0.3) is 10.0 Å². The van der Waals surface area contributed by atoms with Gasteiger partial charge in [-0.3, -0.25) is 4.72 Å². The molecule has 5 nitrogen and oxygen atoms in total. The van der Waals surface area contributed by atoms with Crippen molar-refractivity contribution in [3.63, 3.8) is 0 Å². The number of hydrogen-bond acceptors (Lipinski definition) is 5. The molecule has 1 aromatic carbocycles. The molecule has 2 heterocycles. The van der Waals surface area contributed by atoms with Gasteiger partial charge < -0.3 is 4.52 Å². The first-order valence-corrected chi connectivity index (χ1v) is 10.1. The highest BCUT2D eigenvalue weighted by Crippen LogP contribution is 2.35. The molecule has 0 spiro atoms. The Kier molecular flexibility index (Phi) is 4.47. The van der Waals surface area contributed by atoms with E-state index in [1.165, 1.54) is 11.3 Å². The molecule has 0 amide bonds. The number of hydrogen-bond donors (Lipinski definition) is 1. The van der Waals surface area contributed by atoms with Gasteiger partial charge in [-0.2, -0.15) is 0 Å². The average Bonchev–Trinajstić information content (AvgIpc) is 3.12. The Hall–Kier alpha value is -2.12. The molecule has 0 aliphatic heterocycles. The predicted octanol–water partition coefficient (Wildman–Crippen LogP) is 4.75. The molecule has 0 radical (unpaired) electrons. The zero-order chi connectivity index (χ0) is 18.4. The maximum Gasteiger partial charge on any atom is 0.271 e. The van der Waals surface area contributed by atoms with E-state index in [2.05, 4.69) is 9.88 Å². The second-order valence-corrected chi connectivity index (χ2v) is 9.21. The minimum atomic E-state index is -3.66. The van der Waals surface area contributed by atoms with Gasteiger partial charge >= 0.3 is 0 Å². The highest BCUT2D eigenvalue weighted by molar-refractivity contribution is 7.94. The fraction of sp³-hybridized carbons (Fsp3) is 0.278. The van der Waals surface area contributed by atoms with Gasteiger partial charge in [0, 0.05) is 5.56 Å². The van der Waals surface area contributed by atoms with E-state index in [1.807, 2.05) is 46.8 Å². The van der Waals surface area contributed by atoms with Gasteiger partial charge in [0.2, 0.25) is 0 Å². The summed E-state index contributed by atoms with van der Waals surface area (Å²) in [6.07, 6.45) is 0. The van der Waals surface area contributed by atoms with Crippen molar-refractivity contribution in [1.82, 2.24) is 5.16 Å². The van der Waals surface area contributed by atoms with E-state index in [1.54, 1.807) is 12.1 Å². The normalized spacial score (nSPS) is 11.7. The highest BCUT2D eigenvalue weighted by atomic mass is 32.2. The van der Waals surface area contributed by atoms with Crippen LogP contribution in [0, 0.1) is 34.6 Å². The summed E-state index contributed by atoms with van der Waals surface area (Å²) < 4.78 is 33.8. The van der Waals surface area contributed by atoms with E-state index in [-0.39, 0.29) is 4.21 Å². The number of benzene rings is 1. The molecule has 0 bridgehead atoms. The molecule has 3 rings (SSSR count). The Morgan fingerprint density at radius 1 is 1.04 bits per heavy atom. The van der Waals surface area contributed by atoms with Crippen LogP contribution in [0.15, 0.2) is 33.0 Å². The lowest BCUT2D eigenvalue weighted by molar-refractivity contribution is 0.427. The molecule has 0 fully saturated rings. The van der Waals surface area contributed by atoms with Crippen LogP contribution in [0.4, 0.5) is 5.69 Å². The van der Waals surface area contributed by atoms with Gasteiger partial charge in [-0.1, -0.05) is 22.9 Å². The molecule has 0 saturated heterocycles. The van der Waals surface area contributed by atoms with E-state index in [0.717, 1.165) is 32.8 Å². The number of sulfonamides is 1. The Morgan fingerprint density at radius 2 is 1.68 bits per heavy atom. The van der Waals surface area contributed by atoms with Gasteiger partial charge in [0.05, 0.1) is 16.3 Å². The second-order valence-electron chi connectivity index (χ2n) is 6.22. The zero-order valence-electron chi connectivity index (χ0n) is 14.8. The van der Waals surface area contributed by atoms with Crippen LogP contribution in [0.2, 0.25) is 0 Å². The zero-order valence-corrected chi connectivity index (χ0v) is 16.4. The number of thiophene rings is 1. The van der Waals surface area contributed by atoms with E-state index in [9.17, 15) is 8.42 Å². The molecule has 2 aromatic heterocycles. The smallest absolute Gasteiger partial charge is 0.271 e. The SMILES string of the molecule is Cc1cc(C)c(NS(=O)(=O)c2ccc(-c3onc(C)c3C)s2)c(C)c1. The number of aromatic nitrogens is 1. The first kappa shape index (κ1) is 17.7. The summed E-state index contributed by atoms with van der Waals surface area (Å²) in [5.74, 6) is 0.617. The highest BCUT2D eigenvalue weighted by Gasteiger charge is 2.21. The Morgan fingerprint density at radius 3 is 2.24 bits per heavy atom. The Balaban J connectivity index is 1.96. The van der Waals surface area contributed by atoms with Crippen LogP contribution in [0.1, 0.15) is 27.9 Å². The molecule has 0 saturated carbocycles. The molecule has 1 N–H and O–H groups in total. The Labute approximate surface area is 151 Å². The van der Waals surface area contributed by atoms with Crippen molar-refractivity contribution in [2.75, 3.05) is 4.72 Å². The maximum atomic E-state index is 12.8. The number of aryl methyl sites for hydroxylation is 4. The van der Waals surface area contributed by atoms with Crippen molar-refractivity contribution in [3.05, 3.63) is 52.2 Å². The average molecular weight is 377 g/mol. The summed E-state index contributed by atoms with van der Waals surface area (Å²) in [6, 6.07) is 7.27. The topological polar surface area (TPSA) is 72.2 Å². The molecule has 25 heavy (non-hydrogen) atoms. The first-order valence-electron chi connectivity index (χ1n) is 7.83. The van der Waals surface area contributed by atoms with E-state index in [0.29, 0.717) is 11.4 Å². The molecule has 0 atom stereocenters. The third-order valence-corrected chi connectivity index (χ3v) is 7.07. The molecule has 3 aromatic rings. The monoisotopic (exact) mass is 376 g/mol. The van der Waals surface area contributed by atoms with Crippen molar-refractivity contribution >= 4 is 27.0 Å². The van der Waals surface area contributed by atoms with Crippen LogP contribution in [0.25, 0.3) is 10.6 Å². The van der Waals surface area contributed by atoms with Crippen LogP contribution in [-0.4, -0.2) is 13.6 Å². The summed E-state index contributed by atoms with van der Waals surface area (Å²) in [6.45, 7) is 9.56. The molecule has 132 valence electrons. The summed E-state index contributed by atoms with van der Waals surface area (Å²) in [5.41, 5.74) is 5.26. The quantitative estimate of drug-likeness (QED) is 0.713. The molecule has 0 aliphatic rings. The van der Waals surface area contributed by atoms with Gasteiger partial charge in [-0.25, -0.2) is 8.42 Å². The summed E-state index contributed by atoms with van der Waals surface area (Å²) >= 11 is 1.17. The van der Waals surface area contributed by atoms with E-state index in [4.69, 9.17) is 4.52 Å². The van der Waals surface area contributed by atoms with Crippen LogP contribution in [0.3, 0.4) is 0 Å². The standard InChI is InChI=1S/C18H20N2O3S2/c1-10-8-11(2)17(12(3)9-10)20-25(21,22)16-7-6-15(24-16)18-13(4)14(5)19-23-18/h6-9,20H,1-5H3. The van der Waals surface area contributed by atoms with Crippen LogP contribution >= 0.6 is 11.3 Å². The van der Waals surface area contributed by atoms with Crippen molar-refractivity contribution in [3.8, 4) is 10.6 Å². The van der Waals surface area contributed by atoms with E-state index >= 15 is 0 Å². The lowest BCUT2D eigenvalue weighted by Gasteiger charge is -2.13. The van der Waals surface area contributed by atoms with Crippen LogP contribution < -0.4 is 4.72 Å². The van der Waals surface area contributed by atoms with Crippen LogP contribution in [0.5, 0.6) is 0 Å². The molecular formula is C18H20N2O3S2. The summed E-state index contributed by atoms with van der Waals surface area (Å²) in [5, 5.41) is 3.93. The van der Waals surface area contributed by atoms with Gasteiger partial charge in [0.15, 0.2) is 5.76 Å². The number of nitrogens with zero attached hydrogens (tertiary/aromatic N) is 1. The van der Waals surface area contributed by atoms with Crippen molar-refractivity contribution in [1.29, 1.82) is 0 Å². The summed E-state index contributed by atoms with van der Waals surface area (Å²) in [4.78, 5) is 0.746. The number of rotatable bonds is 4. The molecule has 0 aliphatic carbocycles. The molecule has 0 unspecified atom stereocenters. The first-order chi connectivity index (χ1) is 11.7. The Bertz CT molecular complexity index is 1020. The largest absolute Gasteiger partial charge is 0.355 e. The van der Waals surface area contributed by atoms with Gasteiger partial charge in [0.1, 0.15) is 4.21 Å². The van der Waals surface area contributed by atoms with Crippen molar-refractivity contribution in [2.45, 2.75) is 38.8 Å². The number of nitrogens with one attached hydrogen (secondary N) is 1. The van der Waals surface area contributed by atoms with Crippen molar-refractivity contribution < 1.29 is 12.9 Å². The minimum Gasteiger partial charge on any atom is -0.355 e. The molecular weight excluding hydrogens is 356 g/mol. The second kappa shape index (κ2) is 6.31. The van der Waals surface area contributed by atoms with Gasteiger partial charge in [-0.15, -0.1) is 11.3 Å². The predicted molar refractivity (Wildman–Crippen MR) is 101 cm³/mol. The minimum absolute atomic E-state index is 0.246. The fourth-order valence-corrected chi connectivity index (χ4v) is 5.30. The van der Waals surface area contributed by atoms with E-state index < -0.39 is 10.0 Å².